The fourth-order valence-corrected chi connectivity index (χ4v) is 3.37. The average molecular weight is 288 g/mol. The van der Waals surface area contributed by atoms with Crippen molar-refractivity contribution in [3.63, 3.8) is 0 Å². The maximum absolute atomic E-state index is 4.07. The van der Waals surface area contributed by atoms with Gasteiger partial charge in [0.15, 0.2) is 0 Å². The zero-order valence-corrected chi connectivity index (χ0v) is 12.9. The van der Waals surface area contributed by atoms with E-state index in [-0.39, 0.29) is 0 Å². The Bertz CT molecular complexity index is 799. The fourth-order valence-electron chi connectivity index (χ4n) is 3.37. The van der Waals surface area contributed by atoms with Gasteiger partial charge in [0.25, 0.3) is 0 Å². The van der Waals surface area contributed by atoms with Crippen molar-refractivity contribution in [1.29, 1.82) is 0 Å². The van der Waals surface area contributed by atoms with Crippen molar-refractivity contribution in [3.05, 3.63) is 65.9 Å². The Kier molecular flexibility index (Phi) is 3.04. The molecule has 0 atom stereocenters. The van der Waals surface area contributed by atoms with Gasteiger partial charge in [-0.1, -0.05) is 43.0 Å². The molecule has 0 fully saturated rings. The lowest BCUT2D eigenvalue weighted by Crippen LogP contribution is -2.00. The minimum Gasteiger partial charge on any atom is -0.382 e. The maximum atomic E-state index is 4.07. The normalized spacial score (nSPS) is 16.0. The minimum atomic E-state index is 0.918. The first-order valence-electron chi connectivity index (χ1n) is 7.84. The Balaban J connectivity index is 1.81. The summed E-state index contributed by atoms with van der Waals surface area (Å²) in [5.74, 6) is 0. The predicted octanol–water partition coefficient (Wildman–Crippen LogP) is 5.05. The summed E-state index contributed by atoms with van der Waals surface area (Å²) in [6.45, 7) is 7.18. The quantitative estimate of drug-likeness (QED) is 0.767. The monoisotopic (exact) mass is 288 g/mol. The molecule has 2 N–H and O–H groups in total. The van der Waals surface area contributed by atoms with Crippen molar-refractivity contribution >= 4 is 16.9 Å². The number of anilines is 2. The highest BCUT2D eigenvalue weighted by Crippen LogP contribution is 2.38. The standard InChI is InChI=1S/C20H20N2/c1-13-6-7-15-12-16(8-9-17(13)15)18-4-3-5-19-20(18)21-11-10-14(2)22-19/h3-6,8-9,12,21-22H,2,7,10-11H2,1H3. The van der Waals surface area contributed by atoms with E-state index in [2.05, 4.69) is 66.6 Å². The first kappa shape index (κ1) is 13.2. The van der Waals surface area contributed by atoms with Crippen LogP contribution in [0.4, 0.5) is 11.4 Å². The number of para-hydroxylation sites is 1. The first-order chi connectivity index (χ1) is 10.7. The second-order valence-corrected chi connectivity index (χ2v) is 6.10. The predicted molar refractivity (Wildman–Crippen MR) is 95.1 cm³/mol. The van der Waals surface area contributed by atoms with Crippen LogP contribution in [0.3, 0.4) is 0 Å². The van der Waals surface area contributed by atoms with Crippen molar-refractivity contribution in [2.75, 3.05) is 17.2 Å². The van der Waals surface area contributed by atoms with E-state index in [0.717, 1.165) is 30.8 Å². The summed E-state index contributed by atoms with van der Waals surface area (Å²) in [7, 11) is 0. The van der Waals surface area contributed by atoms with E-state index < -0.39 is 0 Å². The van der Waals surface area contributed by atoms with Gasteiger partial charge in [0.05, 0.1) is 11.4 Å². The van der Waals surface area contributed by atoms with Gasteiger partial charge in [0, 0.05) is 24.2 Å². The molecule has 0 radical (unpaired) electrons. The van der Waals surface area contributed by atoms with E-state index in [4.69, 9.17) is 0 Å². The summed E-state index contributed by atoms with van der Waals surface area (Å²) < 4.78 is 0. The lowest BCUT2D eigenvalue weighted by molar-refractivity contribution is 1.03. The summed E-state index contributed by atoms with van der Waals surface area (Å²) >= 11 is 0. The molecule has 0 saturated carbocycles. The Hall–Kier alpha value is -2.48. The topological polar surface area (TPSA) is 24.1 Å². The molecule has 2 aromatic carbocycles. The largest absolute Gasteiger partial charge is 0.382 e. The second-order valence-electron chi connectivity index (χ2n) is 6.10. The molecule has 2 aromatic rings. The fraction of sp³-hybridized carbons (Fsp3) is 0.200. The second kappa shape index (κ2) is 5.06. The van der Waals surface area contributed by atoms with Crippen LogP contribution in [0.25, 0.3) is 16.7 Å². The Morgan fingerprint density at radius 1 is 1.09 bits per heavy atom. The van der Waals surface area contributed by atoms with Gasteiger partial charge in [-0.05, 0) is 41.7 Å². The molecule has 0 bridgehead atoms. The van der Waals surface area contributed by atoms with Crippen LogP contribution in [0.15, 0.2) is 54.8 Å². The molecule has 4 rings (SSSR count). The van der Waals surface area contributed by atoms with E-state index in [1.807, 2.05) is 0 Å². The highest BCUT2D eigenvalue weighted by Gasteiger charge is 2.16. The summed E-state index contributed by atoms with van der Waals surface area (Å²) in [5, 5.41) is 6.99. The zero-order valence-electron chi connectivity index (χ0n) is 12.9. The van der Waals surface area contributed by atoms with Crippen molar-refractivity contribution in [2.24, 2.45) is 0 Å². The van der Waals surface area contributed by atoms with Gasteiger partial charge in [-0.3, -0.25) is 0 Å². The smallest absolute Gasteiger partial charge is 0.0659 e. The molecular weight excluding hydrogens is 268 g/mol. The number of hydrogen-bond acceptors (Lipinski definition) is 2. The SMILES string of the molecule is C=C1CCNc2c(cccc2-c2ccc3c(c2)CC=C3C)N1. The van der Waals surface area contributed by atoms with Gasteiger partial charge in [0.2, 0.25) is 0 Å². The summed E-state index contributed by atoms with van der Waals surface area (Å²) in [4.78, 5) is 0. The lowest BCUT2D eigenvalue weighted by atomic mass is 9.97. The molecule has 0 spiro atoms. The van der Waals surface area contributed by atoms with Crippen LogP contribution in [0.1, 0.15) is 24.5 Å². The molecular formula is C20H20N2. The molecule has 0 saturated heterocycles. The molecule has 1 aliphatic heterocycles. The molecule has 1 heterocycles. The van der Waals surface area contributed by atoms with E-state index >= 15 is 0 Å². The molecule has 2 aliphatic rings. The third-order valence-corrected chi connectivity index (χ3v) is 4.57. The molecule has 0 unspecified atom stereocenters. The van der Waals surface area contributed by atoms with Gasteiger partial charge in [-0.15, -0.1) is 0 Å². The molecule has 0 aromatic heterocycles. The number of rotatable bonds is 1. The van der Waals surface area contributed by atoms with Gasteiger partial charge < -0.3 is 10.6 Å². The van der Waals surface area contributed by atoms with Crippen LogP contribution < -0.4 is 10.6 Å². The molecule has 22 heavy (non-hydrogen) atoms. The minimum absolute atomic E-state index is 0.918. The van der Waals surface area contributed by atoms with Crippen LogP contribution in [-0.4, -0.2) is 6.54 Å². The summed E-state index contributed by atoms with van der Waals surface area (Å²) in [6.07, 6.45) is 4.30. The molecule has 2 heteroatoms. The van der Waals surface area contributed by atoms with Crippen molar-refractivity contribution in [1.82, 2.24) is 0 Å². The van der Waals surface area contributed by atoms with E-state index in [0.29, 0.717) is 0 Å². The van der Waals surface area contributed by atoms with E-state index in [9.17, 15) is 0 Å². The molecule has 1 aliphatic carbocycles. The third-order valence-electron chi connectivity index (χ3n) is 4.57. The molecule has 110 valence electrons. The van der Waals surface area contributed by atoms with Crippen molar-refractivity contribution in [3.8, 4) is 11.1 Å². The number of benzene rings is 2. The number of allylic oxidation sites excluding steroid dienone is 2. The number of fused-ring (bicyclic) bond motifs is 2. The molecule has 0 amide bonds. The third kappa shape index (κ3) is 2.12. The summed E-state index contributed by atoms with van der Waals surface area (Å²) in [5.41, 5.74) is 10.1. The number of nitrogens with one attached hydrogen (secondary N) is 2. The number of hydrogen-bond donors (Lipinski definition) is 2. The van der Waals surface area contributed by atoms with Gasteiger partial charge >= 0.3 is 0 Å². The van der Waals surface area contributed by atoms with Crippen LogP contribution in [0.5, 0.6) is 0 Å². The van der Waals surface area contributed by atoms with Crippen LogP contribution in [-0.2, 0) is 6.42 Å². The molecule has 2 nitrogen and oxygen atoms in total. The van der Waals surface area contributed by atoms with Gasteiger partial charge in [0.1, 0.15) is 0 Å². The maximum Gasteiger partial charge on any atom is 0.0659 e. The van der Waals surface area contributed by atoms with Crippen LogP contribution in [0, 0.1) is 0 Å². The van der Waals surface area contributed by atoms with Crippen molar-refractivity contribution in [2.45, 2.75) is 19.8 Å². The Labute approximate surface area is 131 Å². The Morgan fingerprint density at radius 2 is 2.00 bits per heavy atom. The van der Waals surface area contributed by atoms with Crippen LogP contribution >= 0.6 is 0 Å². The van der Waals surface area contributed by atoms with Gasteiger partial charge in [-0.25, -0.2) is 0 Å². The van der Waals surface area contributed by atoms with Gasteiger partial charge in [-0.2, -0.15) is 0 Å². The van der Waals surface area contributed by atoms with E-state index in [1.165, 1.54) is 33.5 Å². The highest BCUT2D eigenvalue weighted by atomic mass is 15.0. The first-order valence-corrected chi connectivity index (χ1v) is 7.84. The highest BCUT2D eigenvalue weighted by molar-refractivity contribution is 5.89. The van der Waals surface area contributed by atoms with Crippen molar-refractivity contribution < 1.29 is 0 Å². The Morgan fingerprint density at radius 3 is 2.91 bits per heavy atom. The zero-order chi connectivity index (χ0) is 15.1. The summed E-state index contributed by atoms with van der Waals surface area (Å²) in [6, 6.07) is 13.2. The van der Waals surface area contributed by atoms with E-state index in [1.54, 1.807) is 0 Å². The van der Waals surface area contributed by atoms with Crippen LogP contribution in [0.2, 0.25) is 0 Å². The lowest BCUT2D eigenvalue weighted by Gasteiger charge is -2.15. The average Bonchev–Trinajstić information content (AvgIpc) is 2.77.